The molecule has 1 aromatic carbocycles. The maximum Gasteiger partial charge on any atom is 0.244 e. The normalized spacial score (nSPS) is 20.7. The van der Waals surface area contributed by atoms with E-state index in [-0.39, 0.29) is 22.6 Å². The second kappa shape index (κ2) is 6.81. The van der Waals surface area contributed by atoms with Crippen molar-refractivity contribution < 1.29 is 13.2 Å². The summed E-state index contributed by atoms with van der Waals surface area (Å²) >= 11 is 12.1. The van der Waals surface area contributed by atoms with Crippen molar-refractivity contribution in [3.05, 3.63) is 27.7 Å². The molecule has 2 N–H and O–H groups in total. The minimum absolute atomic E-state index is 0.0470. The van der Waals surface area contributed by atoms with Crippen molar-refractivity contribution in [2.45, 2.75) is 30.4 Å². The predicted molar refractivity (Wildman–Crippen MR) is 83.1 cm³/mol. The van der Waals surface area contributed by atoms with Crippen molar-refractivity contribution >= 4 is 33.2 Å². The highest BCUT2D eigenvalue weighted by molar-refractivity contribution is 7.89. The van der Waals surface area contributed by atoms with E-state index in [1.807, 2.05) is 0 Å². The topological polar surface area (TPSA) is 72.6 Å². The van der Waals surface area contributed by atoms with E-state index in [1.54, 1.807) is 7.11 Å². The summed E-state index contributed by atoms with van der Waals surface area (Å²) < 4.78 is 32.2. The number of hydrogen-bond acceptors (Lipinski definition) is 4. The molecule has 0 spiro atoms. The summed E-state index contributed by atoms with van der Waals surface area (Å²) in [5.74, 6) is 0. The number of rotatable bonds is 4. The van der Waals surface area contributed by atoms with Crippen LogP contribution in [0.15, 0.2) is 17.0 Å². The van der Waals surface area contributed by atoms with Crippen LogP contribution in [0.2, 0.25) is 10.0 Å². The Labute approximate surface area is 135 Å². The summed E-state index contributed by atoms with van der Waals surface area (Å²) in [7, 11) is -2.09. The Morgan fingerprint density at radius 3 is 2.71 bits per heavy atom. The first-order valence-electron chi connectivity index (χ1n) is 6.61. The molecule has 1 aliphatic rings. The summed E-state index contributed by atoms with van der Waals surface area (Å²) in [6.07, 6.45) is 1.52. The van der Waals surface area contributed by atoms with Crippen LogP contribution in [0, 0.1) is 0 Å². The van der Waals surface area contributed by atoms with Gasteiger partial charge in [0.25, 0.3) is 0 Å². The highest BCUT2D eigenvalue weighted by atomic mass is 35.5. The van der Waals surface area contributed by atoms with E-state index in [0.29, 0.717) is 23.7 Å². The lowest BCUT2D eigenvalue weighted by molar-refractivity contribution is 0.0572. The molecule has 0 aromatic heterocycles. The second-order valence-electron chi connectivity index (χ2n) is 4.94. The zero-order chi connectivity index (χ0) is 15.6. The summed E-state index contributed by atoms with van der Waals surface area (Å²) in [5.41, 5.74) is 6.13. The van der Waals surface area contributed by atoms with Crippen molar-refractivity contribution in [2.75, 3.05) is 20.2 Å². The van der Waals surface area contributed by atoms with Gasteiger partial charge in [0.15, 0.2) is 0 Å². The highest BCUT2D eigenvalue weighted by Gasteiger charge is 2.32. The quantitative estimate of drug-likeness (QED) is 0.901. The van der Waals surface area contributed by atoms with Gasteiger partial charge in [-0.25, -0.2) is 8.42 Å². The third-order valence-electron chi connectivity index (χ3n) is 3.61. The Morgan fingerprint density at radius 2 is 2.10 bits per heavy atom. The number of nitrogens with zero attached hydrogens (tertiary/aromatic N) is 1. The number of methoxy groups -OCH3 is 1. The third-order valence-corrected chi connectivity index (χ3v) is 6.29. The minimum atomic E-state index is -3.68. The minimum Gasteiger partial charge on any atom is -0.380 e. The molecule has 1 aromatic rings. The molecule has 118 valence electrons. The van der Waals surface area contributed by atoms with Gasteiger partial charge in [-0.1, -0.05) is 23.2 Å². The van der Waals surface area contributed by atoms with Gasteiger partial charge in [-0.3, -0.25) is 0 Å². The van der Waals surface area contributed by atoms with Crippen LogP contribution in [-0.4, -0.2) is 39.0 Å². The van der Waals surface area contributed by atoms with Gasteiger partial charge >= 0.3 is 0 Å². The molecule has 0 aliphatic carbocycles. The third kappa shape index (κ3) is 3.52. The molecule has 0 saturated carbocycles. The molecule has 1 atom stereocenters. The van der Waals surface area contributed by atoms with Crippen LogP contribution in [0.25, 0.3) is 0 Å². The maximum absolute atomic E-state index is 12.8. The molecule has 1 heterocycles. The fourth-order valence-electron chi connectivity index (χ4n) is 2.38. The number of nitrogens with two attached hydrogens (primary N) is 1. The van der Waals surface area contributed by atoms with E-state index in [4.69, 9.17) is 33.7 Å². The number of sulfonamides is 1. The lowest BCUT2D eigenvalue weighted by Gasteiger charge is -2.31. The van der Waals surface area contributed by atoms with Crippen LogP contribution in [0.5, 0.6) is 0 Å². The summed E-state index contributed by atoms with van der Waals surface area (Å²) in [4.78, 5) is 0.0470. The number of benzene rings is 1. The molecule has 5 nitrogen and oxygen atoms in total. The number of piperidine rings is 1. The molecular weight excluding hydrogens is 335 g/mol. The van der Waals surface area contributed by atoms with E-state index in [9.17, 15) is 8.42 Å². The van der Waals surface area contributed by atoms with E-state index >= 15 is 0 Å². The monoisotopic (exact) mass is 352 g/mol. The first-order chi connectivity index (χ1) is 9.90. The van der Waals surface area contributed by atoms with Crippen molar-refractivity contribution in [3.63, 3.8) is 0 Å². The van der Waals surface area contributed by atoms with E-state index in [1.165, 1.54) is 16.4 Å². The van der Waals surface area contributed by atoms with Crippen LogP contribution < -0.4 is 5.73 Å². The van der Waals surface area contributed by atoms with Crippen molar-refractivity contribution in [3.8, 4) is 0 Å². The summed E-state index contributed by atoms with van der Waals surface area (Å²) in [6, 6.07) is 2.88. The standard InChI is InChI=1S/C13H18Cl2N2O3S/c1-20-10-3-2-4-17(8-10)21(18,19)13-5-9(7-16)11(14)6-12(13)15/h5-6,10H,2-4,7-8,16H2,1H3. The van der Waals surface area contributed by atoms with Gasteiger partial charge in [-0.05, 0) is 30.5 Å². The fraction of sp³-hybridized carbons (Fsp3) is 0.538. The maximum atomic E-state index is 12.8. The number of hydrogen-bond donors (Lipinski definition) is 1. The van der Waals surface area contributed by atoms with Gasteiger partial charge < -0.3 is 10.5 Å². The lowest BCUT2D eigenvalue weighted by atomic mass is 10.1. The average molecular weight is 353 g/mol. The summed E-state index contributed by atoms with van der Waals surface area (Å²) in [6.45, 7) is 0.939. The Bertz CT molecular complexity index is 622. The van der Waals surface area contributed by atoms with Crippen molar-refractivity contribution in [2.24, 2.45) is 5.73 Å². The Hall–Kier alpha value is -0.370. The predicted octanol–water partition coefficient (Wildman–Crippen LogP) is 2.25. The lowest BCUT2D eigenvalue weighted by Crippen LogP contribution is -2.42. The van der Waals surface area contributed by atoms with Gasteiger partial charge in [0.05, 0.1) is 11.1 Å². The van der Waals surface area contributed by atoms with E-state index in [0.717, 1.165) is 12.8 Å². The molecule has 1 unspecified atom stereocenters. The summed E-state index contributed by atoms with van der Waals surface area (Å²) in [5, 5.41) is 0.478. The molecule has 2 rings (SSSR count). The SMILES string of the molecule is COC1CCCN(S(=O)(=O)c2cc(CN)c(Cl)cc2Cl)C1. The number of ether oxygens (including phenoxy) is 1. The molecule has 0 amide bonds. The van der Waals surface area contributed by atoms with Crippen LogP contribution in [-0.2, 0) is 21.3 Å². The molecule has 8 heteroatoms. The molecule has 1 aliphatic heterocycles. The van der Waals surface area contributed by atoms with Crippen LogP contribution >= 0.6 is 23.2 Å². The molecular formula is C13H18Cl2N2O3S. The van der Waals surface area contributed by atoms with Crippen molar-refractivity contribution in [1.82, 2.24) is 4.31 Å². The molecule has 0 bridgehead atoms. The Kier molecular flexibility index (Phi) is 5.51. The van der Waals surface area contributed by atoms with Gasteiger partial charge in [-0.2, -0.15) is 4.31 Å². The largest absolute Gasteiger partial charge is 0.380 e. The van der Waals surface area contributed by atoms with Gasteiger partial charge in [0.1, 0.15) is 4.90 Å². The molecule has 21 heavy (non-hydrogen) atoms. The second-order valence-corrected chi connectivity index (χ2v) is 7.66. The zero-order valence-corrected chi connectivity index (χ0v) is 14.0. The van der Waals surface area contributed by atoms with Gasteiger partial charge in [0, 0.05) is 31.8 Å². The smallest absolute Gasteiger partial charge is 0.244 e. The van der Waals surface area contributed by atoms with Crippen LogP contribution in [0.1, 0.15) is 18.4 Å². The first kappa shape index (κ1) is 17.0. The van der Waals surface area contributed by atoms with Gasteiger partial charge in [0.2, 0.25) is 10.0 Å². The van der Waals surface area contributed by atoms with E-state index < -0.39 is 10.0 Å². The zero-order valence-electron chi connectivity index (χ0n) is 11.7. The first-order valence-corrected chi connectivity index (χ1v) is 8.80. The highest BCUT2D eigenvalue weighted by Crippen LogP contribution is 2.31. The molecule has 0 radical (unpaired) electrons. The van der Waals surface area contributed by atoms with Gasteiger partial charge in [-0.15, -0.1) is 0 Å². The van der Waals surface area contributed by atoms with Crippen molar-refractivity contribution in [1.29, 1.82) is 0 Å². The average Bonchev–Trinajstić information content (AvgIpc) is 2.47. The molecule has 1 fully saturated rings. The number of halogens is 2. The Morgan fingerprint density at radius 1 is 1.38 bits per heavy atom. The Balaban J connectivity index is 2.39. The molecule has 1 saturated heterocycles. The fourth-order valence-corrected chi connectivity index (χ4v) is 4.74. The van der Waals surface area contributed by atoms with E-state index in [2.05, 4.69) is 0 Å². The van der Waals surface area contributed by atoms with Crippen LogP contribution in [0.3, 0.4) is 0 Å². The van der Waals surface area contributed by atoms with Crippen LogP contribution in [0.4, 0.5) is 0 Å².